The maximum atomic E-state index is 10.4. The van der Waals surface area contributed by atoms with Crippen molar-refractivity contribution >= 4 is 17.6 Å². The molecule has 1 atom stereocenters. The van der Waals surface area contributed by atoms with E-state index in [1.54, 1.807) is 24.3 Å². The van der Waals surface area contributed by atoms with Gasteiger partial charge < -0.3 is 15.6 Å². The molecule has 0 fully saturated rings. The minimum Gasteiger partial charge on any atom is -0.494 e. The standard InChI is InChI=1S/C10H12ClNO3/c11-7-1-3-8(4-2-7)15-6-5-9(12)10(13)14/h1-4,9H,5-6,12H2,(H,13,14)/t9-/m0/s1. The van der Waals surface area contributed by atoms with Crippen LogP contribution in [0.1, 0.15) is 6.42 Å². The van der Waals surface area contributed by atoms with Gasteiger partial charge in [0.2, 0.25) is 0 Å². The first kappa shape index (κ1) is 11.8. The van der Waals surface area contributed by atoms with E-state index in [9.17, 15) is 4.79 Å². The highest BCUT2D eigenvalue weighted by Gasteiger charge is 2.10. The number of benzene rings is 1. The first-order chi connectivity index (χ1) is 7.09. The Bertz CT molecular complexity index is 326. The molecule has 0 bridgehead atoms. The van der Waals surface area contributed by atoms with Crippen molar-refractivity contribution in [2.45, 2.75) is 12.5 Å². The van der Waals surface area contributed by atoms with E-state index in [-0.39, 0.29) is 13.0 Å². The molecule has 0 amide bonds. The molecule has 0 unspecified atom stereocenters. The zero-order valence-electron chi connectivity index (χ0n) is 8.02. The lowest BCUT2D eigenvalue weighted by Crippen LogP contribution is -2.31. The predicted octanol–water partition coefficient (Wildman–Crippen LogP) is 1.52. The number of halogens is 1. The van der Waals surface area contributed by atoms with Gasteiger partial charge in [-0.05, 0) is 24.3 Å². The Morgan fingerprint density at radius 2 is 2.07 bits per heavy atom. The molecule has 0 spiro atoms. The van der Waals surface area contributed by atoms with Crippen LogP contribution in [0.2, 0.25) is 5.02 Å². The summed E-state index contributed by atoms with van der Waals surface area (Å²) in [6, 6.07) is 5.96. The quantitative estimate of drug-likeness (QED) is 0.803. The SMILES string of the molecule is N[C@@H](CCOc1ccc(Cl)cc1)C(=O)O. The van der Waals surface area contributed by atoms with Crippen molar-refractivity contribution in [2.75, 3.05) is 6.61 Å². The van der Waals surface area contributed by atoms with E-state index >= 15 is 0 Å². The minimum absolute atomic E-state index is 0.273. The van der Waals surface area contributed by atoms with Crippen LogP contribution in [0.4, 0.5) is 0 Å². The van der Waals surface area contributed by atoms with Crippen molar-refractivity contribution < 1.29 is 14.6 Å². The van der Waals surface area contributed by atoms with E-state index < -0.39 is 12.0 Å². The molecule has 0 heterocycles. The third-order valence-corrected chi connectivity index (χ3v) is 2.08. The smallest absolute Gasteiger partial charge is 0.320 e. The zero-order valence-corrected chi connectivity index (χ0v) is 8.78. The second-order valence-electron chi connectivity index (χ2n) is 3.04. The van der Waals surface area contributed by atoms with E-state index in [1.165, 1.54) is 0 Å². The van der Waals surface area contributed by atoms with Gasteiger partial charge in [0.25, 0.3) is 0 Å². The zero-order chi connectivity index (χ0) is 11.3. The highest BCUT2D eigenvalue weighted by Crippen LogP contribution is 2.15. The van der Waals surface area contributed by atoms with Crippen LogP contribution in [-0.2, 0) is 4.79 Å². The van der Waals surface area contributed by atoms with Gasteiger partial charge >= 0.3 is 5.97 Å². The highest BCUT2D eigenvalue weighted by molar-refractivity contribution is 6.30. The Hall–Kier alpha value is -1.26. The number of carboxylic acids is 1. The fourth-order valence-electron chi connectivity index (χ4n) is 0.958. The molecule has 0 aromatic heterocycles. The van der Waals surface area contributed by atoms with Gasteiger partial charge in [-0.2, -0.15) is 0 Å². The average Bonchev–Trinajstić information content (AvgIpc) is 2.20. The molecular formula is C10H12ClNO3. The fraction of sp³-hybridized carbons (Fsp3) is 0.300. The third-order valence-electron chi connectivity index (χ3n) is 1.83. The number of ether oxygens (including phenoxy) is 1. The van der Waals surface area contributed by atoms with E-state index in [0.29, 0.717) is 10.8 Å². The second kappa shape index (κ2) is 5.58. The lowest BCUT2D eigenvalue weighted by Gasteiger charge is -2.08. The van der Waals surface area contributed by atoms with Gasteiger partial charge in [-0.3, -0.25) is 4.79 Å². The van der Waals surface area contributed by atoms with Gasteiger partial charge in [-0.25, -0.2) is 0 Å². The normalized spacial score (nSPS) is 12.1. The van der Waals surface area contributed by atoms with Gasteiger partial charge in [0.15, 0.2) is 0 Å². The van der Waals surface area contributed by atoms with Gasteiger partial charge in [0, 0.05) is 11.4 Å². The summed E-state index contributed by atoms with van der Waals surface area (Å²) in [6.07, 6.45) is 0.276. The number of hydrogen-bond acceptors (Lipinski definition) is 3. The monoisotopic (exact) mass is 229 g/mol. The van der Waals surface area contributed by atoms with Crippen LogP contribution in [0.5, 0.6) is 5.75 Å². The summed E-state index contributed by atoms with van der Waals surface area (Å²) in [6.45, 7) is 0.273. The number of carboxylic acid groups (broad SMARTS) is 1. The molecule has 0 saturated carbocycles. The van der Waals surface area contributed by atoms with Crippen molar-refractivity contribution in [1.82, 2.24) is 0 Å². The summed E-state index contributed by atoms with van der Waals surface area (Å²) in [4.78, 5) is 10.4. The molecule has 1 aromatic rings. The van der Waals surface area contributed by atoms with Crippen molar-refractivity contribution in [1.29, 1.82) is 0 Å². The molecule has 0 radical (unpaired) electrons. The second-order valence-corrected chi connectivity index (χ2v) is 3.47. The van der Waals surface area contributed by atoms with Crippen molar-refractivity contribution in [3.8, 4) is 5.75 Å². The lowest BCUT2D eigenvalue weighted by atomic mass is 10.2. The topological polar surface area (TPSA) is 72.5 Å². The largest absolute Gasteiger partial charge is 0.494 e. The summed E-state index contributed by atoms with van der Waals surface area (Å²) in [7, 11) is 0. The summed E-state index contributed by atoms with van der Waals surface area (Å²) in [5.74, 6) is -0.369. The molecule has 1 rings (SSSR count). The number of nitrogens with two attached hydrogens (primary N) is 1. The molecule has 3 N–H and O–H groups in total. The van der Waals surface area contributed by atoms with Gasteiger partial charge in [0.1, 0.15) is 11.8 Å². The Balaban J connectivity index is 2.32. The molecule has 5 heteroatoms. The molecule has 1 aromatic carbocycles. The lowest BCUT2D eigenvalue weighted by molar-refractivity contribution is -0.138. The van der Waals surface area contributed by atoms with Gasteiger partial charge in [-0.15, -0.1) is 0 Å². The highest BCUT2D eigenvalue weighted by atomic mass is 35.5. The number of carbonyl (C=O) groups is 1. The summed E-state index contributed by atoms with van der Waals surface area (Å²) in [5.41, 5.74) is 5.30. The average molecular weight is 230 g/mol. The van der Waals surface area contributed by atoms with Crippen LogP contribution >= 0.6 is 11.6 Å². The number of hydrogen-bond donors (Lipinski definition) is 2. The van der Waals surface area contributed by atoms with Gasteiger partial charge in [-0.1, -0.05) is 11.6 Å². The van der Waals surface area contributed by atoms with E-state index in [1.807, 2.05) is 0 Å². The Kier molecular flexibility index (Phi) is 4.39. The maximum Gasteiger partial charge on any atom is 0.320 e. The molecule has 15 heavy (non-hydrogen) atoms. The van der Waals surface area contributed by atoms with Crippen LogP contribution in [0, 0.1) is 0 Å². The van der Waals surface area contributed by atoms with Crippen LogP contribution < -0.4 is 10.5 Å². The van der Waals surface area contributed by atoms with Crippen molar-refractivity contribution in [3.05, 3.63) is 29.3 Å². The Labute approximate surface area is 92.6 Å². The minimum atomic E-state index is -1.02. The number of rotatable bonds is 5. The predicted molar refractivity (Wildman–Crippen MR) is 57.2 cm³/mol. The Morgan fingerprint density at radius 3 is 2.60 bits per heavy atom. The van der Waals surface area contributed by atoms with Crippen molar-refractivity contribution in [3.63, 3.8) is 0 Å². The fourth-order valence-corrected chi connectivity index (χ4v) is 1.08. The third kappa shape index (κ3) is 4.18. The molecule has 4 nitrogen and oxygen atoms in total. The number of aliphatic carboxylic acids is 1. The Morgan fingerprint density at radius 1 is 1.47 bits per heavy atom. The molecule has 82 valence electrons. The first-order valence-corrected chi connectivity index (χ1v) is 4.84. The molecule has 0 aliphatic carbocycles. The van der Waals surface area contributed by atoms with Crippen molar-refractivity contribution in [2.24, 2.45) is 5.73 Å². The summed E-state index contributed by atoms with van der Waals surface area (Å²) >= 11 is 5.68. The molecule has 0 saturated heterocycles. The molecule has 0 aliphatic heterocycles. The van der Waals surface area contributed by atoms with E-state index in [0.717, 1.165) is 0 Å². The maximum absolute atomic E-state index is 10.4. The summed E-state index contributed by atoms with van der Waals surface area (Å²) < 4.78 is 5.28. The summed E-state index contributed by atoms with van der Waals surface area (Å²) in [5, 5.41) is 9.15. The van der Waals surface area contributed by atoms with Crippen LogP contribution in [0.15, 0.2) is 24.3 Å². The first-order valence-electron chi connectivity index (χ1n) is 4.46. The molecule has 0 aliphatic rings. The molecular weight excluding hydrogens is 218 g/mol. The van der Waals surface area contributed by atoms with E-state index in [2.05, 4.69) is 0 Å². The van der Waals surface area contributed by atoms with E-state index in [4.69, 9.17) is 27.2 Å². The van der Waals surface area contributed by atoms with Gasteiger partial charge in [0.05, 0.1) is 6.61 Å². The van der Waals surface area contributed by atoms with Crippen LogP contribution in [0.25, 0.3) is 0 Å². The van der Waals surface area contributed by atoms with Crippen LogP contribution in [-0.4, -0.2) is 23.7 Å². The van der Waals surface area contributed by atoms with Crippen LogP contribution in [0.3, 0.4) is 0 Å².